The molecule has 2 aromatic carbocycles. The summed E-state index contributed by atoms with van der Waals surface area (Å²) < 4.78 is 13.5. The minimum Gasteiger partial charge on any atom is -0.352 e. The van der Waals surface area contributed by atoms with Crippen LogP contribution in [0.2, 0.25) is 0 Å². The lowest BCUT2D eigenvalue weighted by Crippen LogP contribution is -2.24. The normalized spacial score (nSPS) is 14.0. The quantitative estimate of drug-likeness (QED) is 0.878. The molecule has 0 spiro atoms. The van der Waals surface area contributed by atoms with Gasteiger partial charge in [-0.05, 0) is 42.2 Å². The van der Waals surface area contributed by atoms with Gasteiger partial charge in [0.15, 0.2) is 0 Å². The lowest BCUT2D eigenvalue weighted by Gasteiger charge is -2.16. The largest absolute Gasteiger partial charge is 0.352 e. The highest BCUT2D eigenvalue weighted by Gasteiger charge is 2.21. The van der Waals surface area contributed by atoms with Gasteiger partial charge in [0.25, 0.3) is 0 Å². The number of hydrogen-bond donors (Lipinski definition) is 1. The SMILES string of the molecule is O=C(CCc1ccccc1F)NCc1ccc(N2CCCC2=O)cc1. The van der Waals surface area contributed by atoms with Crippen molar-refractivity contribution in [2.24, 2.45) is 0 Å². The highest BCUT2D eigenvalue weighted by atomic mass is 19.1. The molecule has 0 radical (unpaired) electrons. The first-order valence-corrected chi connectivity index (χ1v) is 8.53. The molecule has 2 amide bonds. The van der Waals surface area contributed by atoms with E-state index < -0.39 is 0 Å². The van der Waals surface area contributed by atoms with E-state index in [4.69, 9.17) is 0 Å². The molecule has 0 bridgehead atoms. The van der Waals surface area contributed by atoms with Gasteiger partial charge in [0.05, 0.1) is 0 Å². The molecule has 1 fully saturated rings. The molecule has 1 aliphatic heterocycles. The fourth-order valence-corrected chi connectivity index (χ4v) is 2.95. The molecule has 4 nitrogen and oxygen atoms in total. The zero-order valence-electron chi connectivity index (χ0n) is 14.0. The van der Waals surface area contributed by atoms with Gasteiger partial charge in [-0.3, -0.25) is 9.59 Å². The Morgan fingerprint density at radius 2 is 1.88 bits per heavy atom. The van der Waals surface area contributed by atoms with Crippen LogP contribution in [-0.4, -0.2) is 18.4 Å². The van der Waals surface area contributed by atoms with E-state index in [2.05, 4.69) is 5.32 Å². The fraction of sp³-hybridized carbons (Fsp3) is 0.300. The number of benzene rings is 2. The summed E-state index contributed by atoms with van der Waals surface area (Å²) in [7, 11) is 0. The van der Waals surface area contributed by atoms with Crippen LogP contribution in [0.15, 0.2) is 48.5 Å². The first-order chi connectivity index (χ1) is 12.1. The molecule has 1 aliphatic rings. The number of rotatable bonds is 6. The number of amides is 2. The van der Waals surface area contributed by atoms with Crippen LogP contribution in [-0.2, 0) is 22.6 Å². The summed E-state index contributed by atoms with van der Waals surface area (Å²) in [6.07, 6.45) is 2.15. The minimum absolute atomic E-state index is 0.109. The topological polar surface area (TPSA) is 49.4 Å². The number of carbonyl (C=O) groups is 2. The Balaban J connectivity index is 1.47. The van der Waals surface area contributed by atoms with Crippen molar-refractivity contribution < 1.29 is 14.0 Å². The van der Waals surface area contributed by atoms with E-state index in [1.165, 1.54) is 6.07 Å². The van der Waals surface area contributed by atoms with Crippen molar-refractivity contribution in [1.82, 2.24) is 5.32 Å². The zero-order chi connectivity index (χ0) is 17.6. The summed E-state index contributed by atoms with van der Waals surface area (Å²) in [6, 6.07) is 14.1. The smallest absolute Gasteiger partial charge is 0.227 e. The standard InChI is InChI=1S/C20H21FN2O2/c21-18-5-2-1-4-16(18)9-12-19(24)22-14-15-7-10-17(11-8-15)23-13-3-6-20(23)25/h1-2,4-5,7-8,10-11H,3,6,9,12-14H2,(H,22,24). The van der Waals surface area contributed by atoms with E-state index in [1.807, 2.05) is 24.3 Å². The van der Waals surface area contributed by atoms with E-state index in [-0.39, 0.29) is 24.1 Å². The summed E-state index contributed by atoms with van der Waals surface area (Å²) in [5.41, 5.74) is 2.42. The molecule has 0 atom stereocenters. The van der Waals surface area contributed by atoms with Gasteiger partial charge in [-0.1, -0.05) is 30.3 Å². The highest BCUT2D eigenvalue weighted by Crippen LogP contribution is 2.21. The van der Waals surface area contributed by atoms with Crippen molar-refractivity contribution in [3.8, 4) is 0 Å². The van der Waals surface area contributed by atoms with Crippen LogP contribution < -0.4 is 10.2 Å². The first kappa shape index (κ1) is 17.1. The van der Waals surface area contributed by atoms with Gasteiger partial charge in [-0.25, -0.2) is 4.39 Å². The van der Waals surface area contributed by atoms with Crippen LogP contribution in [0.25, 0.3) is 0 Å². The summed E-state index contributed by atoms with van der Waals surface area (Å²) in [4.78, 5) is 25.5. The van der Waals surface area contributed by atoms with E-state index >= 15 is 0 Å². The molecular formula is C20H21FN2O2. The number of carbonyl (C=O) groups excluding carboxylic acids is 2. The van der Waals surface area contributed by atoms with Gasteiger partial charge in [0, 0.05) is 31.6 Å². The molecule has 1 heterocycles. The predicted octanol–water partition coefficient (Wildman–Crippen LogP) is 3.20. The van der Waals surface area contributed by atoms with Crippen LogP contribution >= 0.6 is 0 Å². The van der Waals surface area contributed by atoms with Gasteiger partial charge in [0.1, 0.15) is 5.82 Å². The maximum atomic E-state index is 13.5. The van der Waals surface area contributed by atoms with E-state index in [1.54, 1.807) is 23.1 Å². The molecule has 5 heteroatoms. The van der Waals surface area contributed by atoms with Crippen LogP contribution in [0, 0.1) is 5.82 Å². The number of anilines is 1. The van der Waals surface area contributed by atoms with Gasteiger partial charge in [-0.2, -0.15) is 0 Å². The fourth-order valence-electron chi connectivity index (χ4n) is 2.95. The third kappa shape index (κ3) is 4.44. The van der Waals surface area contributed by atoms with Crippen molar-refractivity contribution >= 4 is 17.5 Å². The molecule has 0 unspecified atom stereocenters. The van der Waals surface area contributed by atoms with Crippen molar-refractivity contribution in [3.63, 3.8) is 0 Å². The summed E-state index contributed by atoms with van der Waals surface area (Å²) in [5.74, 6) is -0.224. The molecule has 0 aliphatic carbocycles. The molecule has 0 saturated carbocycles. The summed E-state index contributed by atoms with van der Waals surface area (Å²) in [6.45, 7) is 1.19. The Kier molecular flexibility index (Phi) is 5.43. The van der Waals surface area contributed by atoms with Crippen LogP contribution in [0.1, 0.15) is 30.4 Å². The first-order valence-electron chi connectivity index (χ1n) is 8.53. The number of nitrogens with zero attached hydrogens (tertiary/aromatic N) is 1. The van der Waals surface area contributed by atoms with Crippen LogP contribution in [0.5, 0.6) is 0 Å². The Morgan fingerprint density at radius 1 is 1.12 bits per heavy atom. The minimum atomic E-state index is -0.276. The second-order valence-electron chi connectivity index (χ2n) is 6.18. The molecule has 1 N–H and O–H groups in total. The van der Waals surface area contributed by atoms with E-state index in [0.717, 1.165) is 24.2 Å². The lowest BCUT2D eigenvalue weighted by atomic mass is 10.1. The Labute approximate surface area is 146 Å². The molecule has 130 valence electrons. The summed E-state index contributed by atoms with van der Waals surface area (Å²) in [5, 5.41) is 2.84. The maximum Gasteiger partial charge on any atom is 0.227 e. The van der Waals surface area contributed by atoms with Gasteiger partial charge < -0.3 is 10.2 Å². The average Bonchev–Trinajstić information content (AvgIpc) is 3.06. The lowest BCUT2D eigenvalue weighted by molar-refractivity contribution is -0.121. The Hall–Kier alpha value is -2.69. The van der Waals surface area contributed by atoms with Crippen LogP contribution in [0.4, 0.5) is 10.1 Å². The van der Waals surface area contributed by atoms with Gasteiger partial charge in [-0.15, -0.1) is 0 Å². The number of nitrogens with one attached hydrogen (secondary N) is 1. The Bertz CT molecular complexity index is 759. The number of aryl methyl sites for hydroxylation is 1. The molecule has 1 saturated heterocycles. The Morgan fingerprint density at radius 3 is 2.56 bits per heavy atom. The van der Waals surface area contributed by atoms with E-state index in [9.17, 15) is 14.0 Å². The molecule has 3 rings (SSSR count). The van der Waals surface area contributed by atoms with Gasteiger partial charge >= 0.3 is 0 Å². The van der Waals surface area contributed by atoms with E-state index in [0.29, 0.717) is 24.9 Å². The predicted molar refractivity (Wildman–Crippen MR) is 94.6 cm³/mol. The molecule has 2 aromatic rings. The molecule has 25 heavy (non-hydrogen) atoms. The summed E-state index contributed by atoms with van der Waals surface area (Å²) >= 11 is 0. The van der Waals surface area contributed by atoms with Crippen molar-refractivity contribution in [1.29, 1.82) is 0 Å². The molecule has 0 aromatic heterocycles. The zero-order valence-corrected chi connectivity index (χ0v) is 14.0. The second kappa shape index (κ2) is 7.92. The maximum absolute atomic E-state index is 13.5. The highest BCUT2D eigenvalue weighted by molar-refractivity contribution is 5.95. The van der Waals surface area contributed by atoms with Crippen LogP contribution in [0.3, 0.4) is 0 Å². The third-order valence-electron chi connectivity index (χ3n) is 4.39. The third-order valence-corrected chi connectivity index (χ3v) is 4.39. The van der Waals surface area contributed by atoms with Crippen molar-refractivity contribution in [2.75, 3.05) is 11.4 Å². The van der Waals surface area contributed by atoms with Crippen molar-refractivity contribution in [2.45, 2.75) is 32.2 Å². The second-order valence-corrected chi connectivity index (χ2v) is 6.18. The molecular weight excluding hydrogens is 319 g/mol. The number of halogens is 1. The number of hydrogen-bond acceptors (Lipinski definition) is 2. The van der Waals surface area contributed by atoms with Crippen molar-refractivity contribution in [3.05, 3.63) is 65.5 Å². The monoisotopic (exact) mass is 340 g/mol. The average molecular weight is 340 g/mol. The van der Waals surface area contributed by atoms with Gasteiger partial charge in [0.2, 0.25) is 11.8 Å².